The lowest BCUT2D eigenvalue weighted by molar-refractivity contribution is -0.0956. The SMILES string of the molecule is Cc1ccc(S(=O)(=O)N2CCCCC2)cc1C(=O)N1CCC(C2OCCO2)CC1. The Balaban J connectivity index is 1.48. The van der Waals surface area contributed by atoms with E-state index in [1.54, 1.807) is 22.5 Å². The summed E-state index contributed by atoms with van der Waals surface area (Å²) in [6.45, 7) is 5.52. The minimum absolute atomic E-state index is 0.0927. The highest BCUT2D eigenvalue weighted by molar-refractivity contribution is 7.89. The minimum atomic E-state index is -3.56. The van der Waals surface area contributed by atoms with E-state index in [1.807, 2.05) is 11.8 Å². The number of aryl methyl sites for hydroxylation is 1. The van der Waals surface area contributed by atoms with E-state index in [-0.39, 0.29) is 17.1 Å². The lowest BCUT2D eigenvalue weighted by atomic mass is 9.95. The van der Waals surface area contributed by atoms with Crippen LogP contribution in [-0.4, -0.2) is 69.2 Å². The van der Waals surface area contributed by atoms with Gasteiger partial charge in [0, 0.05) is 37.7 Å². The summed E-state index contributed by atoms with van der Waals surface area (Å²) in [5.74, 6) is 0.221. The summed E-state index contributed by atoms with van der Waals surface area (Å²) in [4.78, 5) is 15.2. The lowest BCUT2D eigenvalue weighted by Crippen LogP contribution is -2.41. The second kappa shape index (κ2) is 8.71. The van der Waals surface area contributed by atoms with Crippen LogP contribution in [0.25, 0.3) is 0 Å². The first-order valence-corrected chi connectivity index (χ1v) is 12.0. The van der Waals surface area contributed by atoms with Gasteiger partial charge in [0.2, 0.25) is 10.0 Å². The number of hydrogen-bond acceptors (Lipinski definition) is 5. The standard InChI is InChI=1S/C21H30N2O5S/c1-16-5-6-18(29(25,26)23-9-3-2-4-10-23)15-19(16)20(24)22-11-7-17(8-12-22)21-27-13-14-28-21/h5-6,15,17,21H,2-4,7-14H2,1H3. The maximum Gasteiger partial charge on any atom is 0.254 e. The van der Waals surface area contributed by atoms with Gasteiger partial charge in [0.25, 0.3) is 5.91 Å². The Kier molecular flexibility index (Phi) is 6.24. The number of nitrogens with zero attached hydrogens (tertiary/aromatic N) is 2. The van der Waals surface area contributed by atoms with E-state index in [1.165, 1.54) is 0 Å². The van der Waals surface area contributed by atoms with Crippen LogP contribution in [0.5, 0.6) is 0 Å². The molecule has 3 fully saturated rings. The number of ether oxygens (including phenoxy) is 2. The molecule has 0 radical (unpaired) electrons. The molecule has 3 aliphatic heterocycles. The average Bonchev–Trinajstić information content (AvgIpc) is 3.29. The molecule has 1 aromatic rings. The molecule has 0 atom stereocenters. The maximum atomic E-state index is 13.2. The van der Waals surface area contributed by atoms with Crippen LogP contribution in [0.2, 0.25) is 0 Å². The van der Waals surface area contributed by atoms with Gasteiger partial charge in [-0.3, -0.25) is 4.79 Å². The predicted molar refractivity (Wildman–Crippen MR) is 108 cm³/mol. The largest absolute Gasteiger partial charge is 0.350 e. The molecule has 1 amide bonds. The molecule has 3 aliphatic rings. The highest BCUT2D eigenvalue weighted by Gasteiger charge is 2.33. The van der Waals surface area contributed by atoms with Crippen molar-refractivity contribution in [1.82, 2.24) is 9.21 Å². The molecule has 0 spiro atoms. The molecule has 0 aromatic heterocycles. The van der Waals surface area contributed by atoms with Gasteiger partial charge in [0.15, 0.2) is 6.29 Å². The Morgan fingerprint density at radius 1 is 1.00 bits per heavy atom. The second-order valence-electron chi connectivity index (χ2n) is 8.18. The summed E-state index contributed by atoms with van der Waals surface area (Å²) in [5.41, 5.74) is 1.28. The number of rotatable bonds is 4. The van der Waals surface area contributed by atoms with Crippen LogP contribution in [0.4, 0.5) is 0 Å². The van der Waals surface area contributed by atoms with Gasteiger partial charge in [0.1, 0.15) is 0 Å². The van der Waals surface area contributed by atoms with Crippen LogP contribution in [0, 0.1) is 12.8 Å². The molecular weight excluding hydrogens is 392 g/mol. The second-order valence-corrected chi connectivity index (χ2v) is 10.1. The van der Waals surface area contributed by atoms with Crippen molar-refractivity contribution in [2.45, 2.75) is 50.2 Å². The molecule has 7 nitrogen and oxygen atoms in total. The van der Waals surface area contributed by atoms with Crippen molar-refractivity contribution < 1.29 is 22.7 Å². The van der Waals surface area contributed by atoms with Crippen LogP contribution in [0.3, 0.4) is 0 Å². The minimum Gasteiger partial charge on any atom is -0.350 e. The van der Waals surface area contributed by atoms with E-state index in [4.69, 9.17) is 9.47 Å². The smallest absolute Gasteiger partial charge is 0.254 e. The van der Waals surface area contributed by atoms with Crippen molar-refractivity contribution in [2.24, 2.45) is 5.92 Å². The number of hydrogen-bond donors (Lipinski definition) is 0. The van der Waals surface area contributed by atoms with Gasteiger partial charge in [0.05, 0.1) is 18.1 Å². The molecule has 0 unspecified atom stereocenters. The number of carbonyl (C=O) groups is 1. The Morgan fingerprint density at radius 2 is 1.66 bits per heavy atom. The molecular formula is C21H30N2O5S. The maximum absolute atomic E-state index is 13.2. The van der Waals surface area contributed by atoms with E-state index < -0.39 is 10.0 Å². The van der Waals surface area contributed by atoms with Crippen LogP contribution in [0.15, 0.2) is 23.1 Å². The first-order chi connectivity index (χ1) is 14.0. The molecule has 0 saturated carbocycles. The third kappa shape index (κ3) is 4.35. The van der Waals surface area contributed by atoms with E-state index in [9.17, 15) is 13.2 Å². The van der Waals surface area contributed by atoms with Crippen LogP contribution >= 0.6 is 0 Å². The Bertz CT molecular complexity index is 837. The predicted octanol–water partition coefficient (Wildman–Crippen LogP) is 2.39. The van der Waals surface area contributed by atoms with E-state index >= 15 is 0 Å². The molecule has 3 heterocycles. The quantitative estimate of drug-likeness (QED) is 0.745. The van der Waals surface area contributed by atoms with Gasteiger partial charge in [-0.05, 0) is 50.3 Å². The lowest BCUT2D eigenvalue weighted by Gasteiger charge is -2.34. The van der Waals surface area contributed by atoms with Crippen molar-refractivity contribution in [3.8, 4) is 0 Å². The molecule has 8 heteroatoms. The fourth-order valence-electron chi connectivity index (χ4n) is 4.44. The molecule has 4 rings (SSSR count). The van der Waals surface area contributed by atoms with E-state index in [2.05, 4.69) is 0 Å². The van der Waals surface area contributed by atoms with Gasteiger partial charge in [-0.15, -0.1) is 0 Å². The normalized spacial score (nSPS) is 22.9. The van der Waals surface area contributed by atoms with Crippen LogP contribution in [-0.2, 0) is 19.5 Å². The number of carbonyl (C=O) groups excluding carboxylic acids is 1. The highest BCUT2D eigenvalue weighted by atomic mass is 32.2. The van der Waals surface area contributed by atoms with Crippen LogP contribution in [0.1, 0.15) is 48.0 Å². The van der Waals surface area contributed by atoms with Gasteiger partial charge >= 0.3 is 0 Å². The molecule has 3 saturated heterocycles. The summed E-state index contributed by atoms with van der Waals surface area (Å²) in [6.07, 6.45) is 4.37. The number of piperidine rings is 2. The molecule has 0 bridgehead atoms. The summed E-state index contributed by atoms with van der Waals surface area (Å²) in [7, 11) is -3.56. The summed E-state index contributed by atoms with van der Waals surface area (Å²) in [5, 5.41) is 0. The highest BCUT2D eigenvalue weighted by Crippen LogP contribution is 2.28. The molecule has 0 aliphatic carbocycles. The van der Waals surface area contributed by atoms with Crippen molar-refractivity contribution in [3.05, 3.63) is 29.3 Å². The van der Waals surface area contributed by atoms with Gasteiger partial charge in [-0.25, -0.2) is 8.42 Å². The fourth-order valence-corrected chi connectivity index (χ4v) is 5.98. The van der Waals surface area contributed by atoms with Crippen molar-refractivity contribution in [2.75, 3.05) is 39.4 Å². The summed E-state index contributed by atoms with van der Waals surface area (Å²) in [6, 6.07) is 4.94. The van der Waals surface area contributed by atoms with Gasteiger partial charge in [-0.2, -0.15) is 4.31 Å². The Labute approximate surface area is 173 Å². The van der Waals surface area contributed by atoms with Crippen molar-refractivity contribution in [3.63, 3.8) is 0 Å². The Morgan fingerprint density at radius 3 is 2.31 bits per heavy atom. The molecule has 160 valence electrons. The first-order valence-electron chi connectivity index (χ1n) is 10.6. The zero-order valence-corrected chi connectivity index (χ0v) is 17.8. The molecule has 29 heavy (non-hydrogen) atoms. The zero-order valence-electron chi connectivity index (χ0n) is 17.0. The third-order valence-corrected chi connectivity index (χ3v) is 8.15. The van der Waals surface area contributed by atoms with Crippen LogP contribution < -0.4 is 0 Å². The fraction of sp³-hybridized carbons (Fsp3) is 0.667. The number of likely N-dealkylation sites (tertiary alicyclic amines) is 1. The Hall–Kier alpha value is -1.48. The topological polar surface area (TPSA) is 76.2 Å². The molecule has 0 N–H and O–H groups in total. The van der Waals surface area contributed by atoms with Crippen molar-refractivity contribution >= 4 is 15.9 Å². The molecule has 1 aromatic carbocycles. The monoisotopic (exact) mass is 422 g/mol. The van der Waals surface area contributed by atoms with E-state index in [0.717, 1.165) is 37.7 Å². The van der Waals surface area contributed by atoms with Gasteiger partial charge in [-0.1, -0.05) is 12.5 Å². The number of sulfonamides is 1. The number of amides is 1. The number of benzene rings is 1. The van der Waals surface area contributed by atoms with Gasteiger partial charge < -0.3 is 14.4 Å². The summed E-state index contributed by atoms with van der Waals surface area (Å²) >= 11 is 0. The summed E-state index contributed by atoms with van der Waals surface area (Å²) < 4.78 is 38.8. The zero-order chi connectivity index (χ0) is 20.4. The van der Waals surface area contributed by atoms with Crippen molar-refractivity contribution in [1.29, 1.82) is 0 Å². The third-order valence-electron chi connectivity index (χ3n) is 6.25. The van der Waals surface area contributed by atoms with E-state index in [0.29, 0.717) is 50.9 Å². The first kappa shape index (κ1) is 20.8. The average molecular weight is 423 g/mol.